The fourth-order valence-electron chi connectivity index (χ4n) is 4.51. The van der Waals surface area contributed by atoms with Crippen LogP contribution in [0.1, 0.15) is 37.6 Å². The van der Waals surface area contributed by atoms with Crippen LogP contribution in [-0.2, 0) is 32.5 Å². The summed E-state index contributed by atoms with van der Waals surface area (Å²) in [6.45, 7) is 3.18. The van der Waals surface area contributed by atoms with Crippen LogP contribution in [0.15, 0.2) is 70.3 Å². The molecule has 0 bridgehead atoms. The van der Waals surface area contributed by atoms with Gasteiger partial charge in [-0.2, -0.15) is 8.90 Å². The third-order valence-corrected chi connectivity index (χ3v) is 7.56. The number of allylic oxidation sites excluding steroid dienone is 3. The van der Waals surface area contributed by atoms with Crippen molar-refractivity contribution in [2.24, 2.45) is 0 Å². The number of nitrogens with zero attached hydrogens (tertiary/aromatic N) is 2. The molecule has 2 heterocycles. The van der Waals surface area contributed by atoms with Crippen molar-refractivity contribution in [2.45, 2.75) is 39.2 Å². The van der Waals surface area contributed by atoms with Crippen LogP contribution >= 0.6 is 12.0 Å². The number of anilines is 1. The van der Waals surface area contributed by atoms with Crippen molar-refractivity contribution in [2.75, 3.05) is 23.0 Å². The molecule has 37 heavy (non-hydrogen) atoms. The van der Waals surface area contributed by atoms with Gasteiger partial charge in [0, 0.05) is 60.4 Å². The lowest BCUT2D eigenvalue weighted by molar-refractivity contribution is -0.777. The molecule has 1 aromatic heterocycles. The van der Waals surface area contributed by atoms with Crippen LogP contribution in [0, 0.1) is 0 Å². The lowest BCUT2D eigenvalue weighted by Gasteiger charge is -2.22. The van der Waals surface area contributed by atoms with Crippen LogP contribution in [0.2, 0.25) is 0 Å². The molecule has 9 nitrogen and oxygen atoms in total. The van der Waals surface area contributed by atoms with E-state index in [1.807, 2.05) is 48.5 Å². The minimum Gasteiger partial charge on any atom is -0.748 e. The largest absolute Gasteiger partial charge is 0.748 e. The molecule has 0 saturated carbocycles. The highest BCUT2D eigenvalue weighted by Gasteiger charge is 2.25. The van der Waals surface area contributed by atoms with Crippen molar-refractivity contribution in [1.29, 1.82) is 0 Å². The van der Waals surface area contributed by atoms with Crippen LogP contribution < -0.4 is 14.7 Å². The van der Waals surface area contributed by atoms with Gasteiger partial charge in [0.25, 0.3) is 5.52 Å². The Bertz CT molecular complexity index is 1380. The van der Waals surface area contributed by atoms with E-state index in [0.29, 0.717) is 24.7 Å². The van der Waals surface area contributed by atoms with Gasteiger partial charge in [-0.3, -0.25) is 5.04 Å². The molecule has 2 aromatic carbocycles. The molecule has 11 heteroatoms. The quantitative estimate of drug-likeness (QED) is 0.0791. The first kappa shape index (κ1) is 27.4. The van der Waals surface area contributed by atoms with Gasteiger partial charge in [-0.25, -0.2) is 8.42 Å². The number of hydrogen-bond acceptors (Lipinski definition) is 9. The standard InChI is InChI=1S/C26H30N2O7S2/c1-2-20(17-22-19-21-9-3-4-10-23(21)27(22)14-8-16-37(30,31)32)18-26-28(13-7-15-36-35-34-29)24-11-5-6-12-25(24)33-26/h3-6,9-12,17-18H,2,7-8,13-16,19H2,1H3,(H-,29,30,31,32)/p-1. The van der Waals surface area contributed by atoms with Crippen molar-refractivity contribution < 1.29 is 36.6 Å². The molecule has 0 amide bonds. The summed E-state index contributed by atoms with van der Waals surface area (Å²) in [7, 11) is -4.26. The molecule has 0 saturated heterocycles. The molecular formula is C26H29N2O7S2-. The van der Waals surface area contributed by atoms with E-state index in [1.165, 1.54) is 0 Å². The second-order valence-corrected chi connectivity index (χ2v) is 11.0. The molecule has 0 atom stereocenters. The Labute approximate surface area is 220 Å². The molecule has 4 rings (SSSR count). The zero-order valence-corrected chi connectivity index (χ0v) is 22.1. The Kier molecular flexibility index (Phi) is 9.41. The number of para-hydroxylation sites is 3. The van der Waals surface area contributed by atoms with E-state index in [-0.39, 0.29) is 6.42 Å². The Morgan fingerprint density at radius 1 is 1.19 bits per heavy atom. The number of aryl methyl sites for hydroxylation is 1. The van der Waals surface area contributed by atoms with E-state index in [4.69, 9.17) is 4.42 Å². The van der Waals surface area contributed by atoms with Gasteiger partial charge in [-0.1, -0.05) is 37.3 Å². The van der Waals surface area contributed by atoms with Gasteiger partial charge in [0.15, 0.2) is 6.54 Å². The summed E-state index contributed by atoms with van der Waals surface area (Å²) >= 11 is 0.962. The monoisotopic (exact) mass is 545 g/mol. The van der Waals surface area contributed by atoms with E-state index in [0.717, 1.165) is 64.9 Å². The summed E-state index contributed by atoms with van der Waals surface area (Å²) in [5.41, 5.74) is 6.04. The predicted molar refractivity (Wildman–Crippen MR) is 139 cm³/mol. The minimum atomic E-state index is -4.26. The van der Waals surface area contributed by atoms with Gasteiger partial charge in [0.1, 0.15) is 0 Å². The predicted octanol–water partition coefficient (Wildman–Crippen LogP) is 3.66. The lowest BCUT2D eigenvalue weighted by Crippen LogP contribution is -2.35. The Morgan fingerprint density at radius 2 is 1.97 bits per heavy atom. The number of hydrogen-bond donors (Lipinski definition) is 0. The van der Waals surface area contributed by atoms with Gasteiger partial charge in [-0.15, -0.1) is 0 Å². The topological polar surface area (TPSA) is 119 Å². The summed E-state index contributed by atoms with van der Waals surface area (Å²) in [4.78, 5) is 2.10. The summed E-state index contributed by atoms with van der Waals surface area (Å²) in [6, 6.07) is 15.8. The average Bonchev–Trinajstić information content (AvgIpc) is 3.40. The maximum Gasteiger partial charge on any atom is 0.374 e. The van der Waals surface area contributed by atoms with Crippen LogP contribution in [0.4, 0.5) is 5.69 Å². The van der Waals surface area contributed by atoms with E-state index in [1.54, 1.807) is 0 Å². The molecular weight excluding hydrogens is 516 g/mol. The highest BCUT2D eigenvalue weighted by Crippen LogP contribution is 2.35. The molecule has 0 unspecified atom stereocenters. The minimum absolute atomic E-state index is 0.255. The molecule has 0 radical (unpaired) electrons. The number of rotatable bonds is 13. The number of aromatic nitrogens is 1. The van der Waals surface area contributed by atoms with Gasteiger partial charge in [0.2, 0.25) is 5.58 Å². The average molecular weight is 546 g/mol. The second kappa shape index (κ2) is 12.7. The van der Waals surface area contributed by atoms with Gasteiger partial charge in [-0.05, 0) is 42.2 Å². The van der Waals surface area contributed by atoms with E-state index >= 15 is 0 Å². The molecule has 0 N–H and O–H groups in total. The van der Waals surface area contributed by atoms with E-state index in [9.17, 15) is 18.2 Å². The maximum atomic E-state index is 11.2. The third-order valence-electron chi connectivity index (χ3n) is 6.17. The smallest absolute Gasteiger partial charge is 0.374 e. The number of benzene rings is 2. The Balaban J connectivity index is 1.62. The summed E-state index contributed by atoms with van der Waals surface area (Å²) in [5.74, 6) is 0.897. The van der Waals surface area contributed by atoms with Crippen LogP contribution in [0.25, 0.3) is 17.2 Å². The van der Waals surface area contributed by atoms with E-state index < -0.39 is 15.9 Å². The molecule has 1 aliphatic rings. The van der Waals surface area contributed by atoms with Crippen molar-refractivity contribution in [3.8, 4) is 0 Å². The Hall–Kier alpha value is -2.67. The molecule has 0 spiro atoms. The summed E-state index contributed by atoms with van der Waals surface area (Å²) in [6.07, 6.45) is 6.61. The third kappa shape index (κ3) is 7.22. The SMILES string of the molecule is CCC(=Cc1oc2ccccc2[n+]1CCCSOO[O-])C=C1Cc2ccccc2N1CCCS(=O)(=O)[O-]. The van der Waals surface area contributed by atoms with Gasteiger partial charge >= 0.3 is 5.89 Å². The molecule has 3 aromatic rings. The first-order chi connectivity index (χ1) is 17.9. The van der Waals surface area contributed by atoms with Gasteiger partial charge < -0.3 is 19.1 Å². The number of fused-ring (bicyclic) bond motifs is 2. The first-order valence-corrected chi connectivity index (χ1v) is 14.6. The highest BCUT2D eigenvalue weighted by atomic mass is 32.2. The second-order valence-electron chi connectivity index (χ2n) is 8.65. The molecule has 0 fully saturated rings. The summed E-state index contributed by atoms with van der Waals surface area (Å²) in [5, 5.41) is 13.4. The highest BCUT2D eigenvalue weighted by molar-refractivity contribution is 7.94. The van der Waals surface area contributed by atoms with Crippen LogP contribution in [-0.4, -0.2) is 31.0 Å². The maximum absolute atomic E-state index is 11.2. The zero-order chi connectivity index (χ0) is 26.3. The normalized spacial score (nSPS) is 15.2. The first-order valence-electron chi connectivity index (χ1n) is 12.1. The fraction of sp³-hybridized carbons (Fsp3) is 0.346. The van der Waals surface area contributed by atoms with E-state index in [2.05, 4.69) is 37.9 Å². The van der Waals surface area contributed by atoms with Crippen molar-refractivity contribution in [3.05, 3.63) is 77.3 Å². The van der Waals surface area contributed by atoms with Crippen LogP contribution in [0.5, 0.6) is 0 Å². The van der Waals surface area contributed by atoms with Gasteiger partial charge in [0.05, 0.1) is 16.2 Å². The molecule has 1 aliphatic heterocycles. The Morgan fingerprint density at radius 3 is 2.76 bits per heavy atom. The van der Waals surface area contributed by atoms with Crippen molar-refractivity contribution >= 4 is 45.0 Å². The van der Waals surface area contributed by atoms with Crippen molar-refractivity contribution in [1.82, 2.24) is 0 Å². The zero-order valence-electron chi connectivity index (χ0n) is 20.5. The summed E-state index contributed by atoms with van der Waals surface area (Å²) < 4.78 is 46.1. The van der Waals surface area contributed by atoms with Crippen molar-refractivity contribution in [3.63, 3.8) is 0 Å². The molecule has 0 aliphatic carbocycles. The number of oxazole rings is 1. The molecule has 198 valence electrons. The lowest BCUT2D eigenvalue weighted by atomic mass is 10.1. The fourth-order valence-corrected chi connectivity index (χ4v) is 5.34. The van der Waals surface area contributed by atoms with Crippen LogP contribution in [0.3, 0.4) is 0 Å².